The van der Waals surface area contributed by atoms with E-state index in [0.29, 0.717) is 0 Å². The number of hydrogen-bond donors (Lipinski definition) is 0. The van der Waals surface area contributed by atoms with Crippen molar-refractivity contribution in [1.29, 1.82) is 0 Å². The summed E-state index contributed by atoms with van der Waals surface area (Å²) >= 11 is 0. The van der Waals surface area contributed by atoms with Crippen LogP contribution in [0.5, 0.6) is 0 Å². The molecule has 0 radical (unpaired) electrons. The van der Waals surface area contributed by atoms with E-state index < -0.39 is 8.07 Å². The summed E-state index contributed by atoms with van der Waals surface area (Å²) < 4.78 is 1.93. The van der Waals surface area contributed by atoms with Crippen molar-refractivity contribution >= 4 is 13.4 Å². The van der Waals surface area contributed by atoms with Crippen LogP contribution < -0.4 is 5.32 Å². The summed E-state index contributed by atoms with van der Waals surface area (Å²) in [5.74, 6) is 0.747. The van der Waals surface area contributed by atoms with Crippen LogP contribution in [0.2, 0.25) is 19.6 Å². The third-order valence-corrected chi connectivity index (χ3v) is 5.04. The van der Waals surface area contributed by atoms with E-state index in [1.807, 2.05) is 35.1 Å². The van der Waals surface area contributed by atoms with E-state index in [1.54, 1.807) is 12.4 Å². The van der Waals surface area contributed by atoms with Gasteiger partial charge < -0.3 is 0 Å². The predicted octanol–water partition coefficient (Wildman–Crippen LogP) is 2.87. The molecule has 0 fully saturated rings. The first-order valence-corrected chi connectivity index (χ1v) is 10.5. The molecule has 3 rings (SSSR count). The number of rotatable bonds is 3. The van der Waals surface area contributed by atoms with Gasteiger partial charge in [-0.25, -0.2) is 14.6 Å². The highest BCUT2D eigenvalue weighted by Crippen LogP contribution is 2.18. The zero-order chi connectivity index (χ0) is 14.9. The van der Waals surface area contributed by atoms with Gasteiger partial charge in [0.15, 0.2) is 5.82 Å². The fourth-order valence-corrected chi connectivity index (χ4v) is 3.63. The first-order chi connectivity index (χ1) is 10.1. The minimum atomic E-state index is -1.58. The van der Waals surface area contributed by atoms with Crippen LogP contribution in [0, 0.1) is 0 Å². The van der Waals surface area contributed by atoms with E-state index in [9.17, 15) is 0 Å². The molecule has 0 aliphatic rings. The lowest BCUT2D eigenvalue weighted by atomic mass is 10.3. The zero-order valence-electron chi connectivity index (χ0n) is 12.5. The predicted molar refractivity (Wildman–Crippen MR) is 87.6 cm³/mol. The van der Waals surface area contributed by atoms with Crippen LogP contribution in [0.15, 0.2) is 55.0 Å². The number of nitrogens with zero attached hydrogens (tertiary/aromatic N) is 4. The summed E-state index contributed by atoms with van der Waals surface area (Å²) in [5, 5.41) is 5.96. The maximum Gasteiger partial charge on any atom is 0.162 e. The Balaban J connectivity index is 2.17. The quantitative estimate of drug-likeness (QED) is 0.698. The molecule has 3 aromatic rings. The van der Waals surface area contributed by atoms with Crippen molar-refractivity contribution < 1.29 is 0 Å². The van der Waals surface area contributed by atoms with Crippen LogP contribution in [0.4, 0.5) is 0 Å². The average Bonchev–Trinajstić information content (AvgIpc) is 2.94. The SMILES string of the molecule is C[Si](C)(C)c1nn(-c2ccccc2)cc1-c1ncccn1. The van der Waals surface area contributed by atoms with Gasteiger partial charge in [0.2, 0.25) is 0 Å². The summed E-state index contributed by atoms with van der Waals surface area (Å²) in [7, 11) is -1.58. The second-order valence-corrected chi connectivity index (χ2v) is 11.0. The Morgan fingerprint density at radius 2 is 1.57 bits per heavy atom. The smallest absolute Gasteiger partial charge is 0.162 e. The topological polar surface area (TPSA) is 43.6 Å². The maximum atomic E-state index is 4.83. The van der Waals surface area contributed by atoms with Crippen LogP contribution in [0.1, 0.15) is 0 Å². The summed E-state index contributed by atoms with van der Waals surface area (Å²) in [6, 6.07) is 12.0. The molecule has 21 heavy (non-hydrogen) atoms. The third kappa shape index (κ3) is 2.78. The van der Waals surface area contributed by atoms with E-state index >= 15 is 0 Å². The van der Waals surface area contributed by atoms with Gasteiger partial charge in [-0.2, -0.15) is 5.10 Å². The largest absolute Gasteiger partial charge is 0.240 e. The molecular formula is C16H18N4Si. The van der Waals surface area contributed by atoms with Gasteiger partial charge in [-0.15, -0.1) is 0 Å². The lowest BCUT2D eigenvalue weighted by Gasteiger charge is -2.14. The number of para-hydroxylation sites is 1. The Morgan fingerprint density at radius 3 is 2.19 bits per heavy atom. The van der Waals surface area contributed by atoms with Crippen molar-refractivity contribution in [3.05, 3.63) is 55.0 Å². The maximum absolute atomic E-state index is 4.83. The Hall–Kier alpha value is -2.27. The van der Waals surface area contributed by atoms with Crippen molar-refractivity contribution in [3.63, 3.8) is 0 Å². The lowest BCUT2D eigenvalue weighted by molar-refractivity contribution is 0.890. The van der Waals surface area contributed by atoms with Gasteiger partial charge in [0.05, 0.1) is 16.6 Å². The molecule has 1 aromatic carbocycles. The first kappa shape index (κ1) is 13.7. The van der Waals surface area contributed by atoms with Crippen LogP contribution in [0.25, 0.3) is 17.1 Å². The number of benzene rings is 1. The Morgan fingerprint density at radius 1 is 0.905 bits per heavy atom. The molecule has 4 nitrogen and oxygen atoms in total. The second-order valence-electron chi connectivity index (χ2n) is 5.99. The minimum Gasteiger partial charge on any atom is -0.240 e. The fourth-order valence-electron chi connectivity index (χ4n) is 2.24. The van der Waals surface area contributed by atoms with E-state index in [4.69, 9.17) is 5.10 Å². The molecule has 0 unspecified atom stereocenters. The van der Waals surface area contributed by atoms with Crippen LogP contribution >= 0.6 is 0 Å². The molecule has 0 aliphatic heterocycles. The monoisotopic (exact) mass is 294 g/mol. The van der Waals surface area contributed by atoms with Gasteiger partial charge in [0, 0.05) is 18.6 Å². The summed E-state index contributed by atoms with van der Waals surface area (Å²) in [5.41, 5.74) is 2.10. The highest BCUT2D eigenvalue weighted by atomic mass is 28.3. The molecule has 106 valence electrons. The van der Waals surface area contributed by atoms with Gasteiger partial charge >= 0.3 is 0 Å². The lowest BCUT2D eigenvalue weighted by Crippen LogP contribution is -2.40. The van der Waals surface area contributed by atoms with Gasteiger partial charge in [0.1, 0.15) is 8.07 Å². The normalized spacial score (nSPS) is 11.6. The number of hydrogen-bond acceptors (Lipinski definition) is 3. The Labute approximate surface area is 125 Å². The molecule has 2 heterocycles. The Bertz CT molecular complexity index is 730. The zero-order valence-corrected chi connectivity index (χ0v) is 13.5. The molecule has 2 aromatic heterocycles. The summed E-state index contributed by atoms with van der Waals surface area (Å²) in [4.78, 5) is 8.78. The highest BCUT2D eigenvalue weighted by molar-refractivity contribution is 6.89. The molecule has 0 atom stereocenters. The number of aromatic nitrogens is 4. The van der Waals surface area contributed by atoms with Gasteiger partial charge in [-0.05, 0) is 18.2 Å². The van der Waals surface area contributed by atoms with E-state index in [-0.39, 0.29) is 0 Å². The first-order valence-electron chi connectivity index (χ1n) is 6.99. The average molecular weight is 294 g/mol. The van der Waals surface area contributed by atoms with E-state index in [0.717, 1.165) is 22.4 Å². The molecule has 0 aliphatic carbocycles. The molecular weight excluding hydrogens is 276 g/mol. The third-order valence-electron chi connectivity index (χ3n) is 3.25. The van der Waals surface area contributed by atoms with Crippen LogP contribution in [-0.2, 0) is 0 Å². The van der Waals surface area contributed by atoms with Gasteiger partial charge in [-0.3, -0.25) is 0 Å². The fraction of sp³-hybridized carbons (Fsp3) is 0.188. The standard InChI is InChI=1S/C16H18N4Si/c1-21(2,3)16-14(15-17-10-7-11-18-15)12-20(19-16)13-8-5-4-6-9-13/h4-12H,1-3H3. The molecule has 0 spiro atoms. The second kappa shape index (κ2) is 5.25. The van der Waals surface area contributed by atoms with Crippen LogP contribution in [-0.4, -0.2) is 27.8 Å². The van der Waals surface area contributed by atoms with E-state index in [1.165, 1.54) is 0 Å². The van der Waals surface area contributed by atoms with Crippen molar-refractivity contribution in [1.82, 2.24) is 19.7 Å². The van der Waals surface area contributed by atoms with Crippen LogP contribution in [0.3, 0.4) is 0 Å². The Kier molecular flexibility index (Phi) is 3.43. The van der Waals surface area contributed by atoms with Crippen molar-refractivity contribution in [3.8, 4) is 17.1 Å². The summed E-state index contributed by atoms with van der Waals surface area (Å²) in [6.07, 6.45) is 5.59. The molecule has 0 N–H and O–H groups in total. The molecule has 5 heteroatoms. The summed E-state index contributed by atoms with van der Waals surface area (Å²) in [6.45, 7) is 6.87. The van der Waals surface area contributed by atoms with Crippen molar-refractivity contribution in [2.24, 2.45) is 0 Å². The minimum absolute atomic E-state index is 0.747. The van der Waals surface area contributed by atoms with E-state index in [2.05, 4.69) is 41.7 Å². The van der Waals surface area contributed by atoms with Gasteiger partial charge in [-0.1, -0.05) is 37.8 Å². The van der Waals surface area contributed by atoms with Gasteiger partial charge in [0.25, 0.3) is 0 Å². The molecule has 0 saturated heterocycles. The molecule has 0 bridgehead atoms. The molecule has 0 amide bonds. The molecule has 0 saturated carbocycles. The van der Waals surface area contributed by atoms with Crippen molar-refractivity contribution in [2.45, 2.75) is 19.6 Å². The van der Waals surface area contributed by atoms with Crippen molar-refractivity contribution in [2.75, 3.05) is 0 Å². The highest BCUT2D eigenvalue weighted by Gasteiger charge is 2.26.